The van der Waals surface area contributed by atoms with Gasteiger partial charge in [0.15, 0.2) is 5.11 Å². The highest BCUT2D eigenvalue weighted by molar-refractivity contribution is 7.80. The number of hydrogen-bond acceptors (Lipinski definition) is 1. The van der Waals surface area contributed by atoms with Crippen LogP contribution in [0.1, 0.15) is 56.1 Å². The van der Waals surface area contributed by atoms with Gasteiger partial charge in [-0.2, -0.15) is 0 Å². The molecule has 0 amide bonds. The number of thiocarbonyl (C=S) groups is 1. The van der Waals surface area contributed by atoms with Crippen LogP contribution in [-0.2, 0) is 0 Å². The second kappa shape index (κ2) is 7.63. The quantitative estimate of drug-likeness (QED) is 0.772. The van der Waals surface area contributed by atoms with Crippen LogP contribution < -0.4 is 10.6 Å². The molecule has 1 aliphatic carbocycles. The second-order valence-electron chi connectivity index (χ2n) is 5.89. The Bertz CT molecular complexity index is 448. The molecule has 0 heterocycles. The molecule has 1 aromatic carbocycles. The Morgan fingerprint density at radius 1 is 1.05 bits per heavy atom. The van der Waals surface area contributed by atoms with Crippen LogP contribution >= 0.6 is 12.2 Å². The highest BCUT2D eigenvalue weighted by atomic mass is 32.1. The van der Waals surface area contributed by atoms with Gasteiger partial charge < -0.3 is 10.6 Å². The van der Waals surface area contributed by atoms with Gasteiger partial charge in [-0.1, -0.05) is 44.2 Å². The molecular formula is C17H26N2S. The first-order chi connectivity index (χ1) is 9.66. The highest BCUT2D eigenvalue weighted by Crippen LogP contribution is 2.19. The van der Waals surface area contributed by atoms with Gasteiger partial charge in [0.25, 0.3) is 0 Å². The topological polar surface area (TPSA) is 24.1 Å². The summed E-state index contributed by atoms with van der Waals surface area (Å²) >= 11 is 5.48. The zero-order chi connectivity index (χ0) is 14.4. The molecule has 1 aliphatic rings. The first-order valence-electron chi connectivity index (χ1n) is 7.80. The molecule has 1 fully saturated rings. The number of nitrogens with one attached hydrogen (secondary N) is 2. The fourth-order valence-electron chi connectivity index (χ4n) is 2.83. The summed E-state index contributed by atoms with van der Waals surface area (Å²) in [6.45, 7) is 4.27. The summed E-state index contributed by atoms with van der Waals surface area (Å²) in [6, 6.07) is 6.84. The lowest BCUT2D eigenvalue weighted by molar-refractivity contribution is 0.430. The van der Waals surface area contributed by atoms with Gasteiger partial charge in [-0.3, -0.25) is 0 Å². The van der Waals surface area contributed by atoms with E-state index in [9.17, 15) is 0 Å². The summed E-state index contributed by atoms with van der Waals surface area (Å²) < 4.78 is 0. The zero-order valence-electron chi connectivity index (χ0n) is 12.7. The smallest absolute Gasteiger partial charge is 0.171 e. The van der Waals surface area contributed by atoms with Crippen molar-refractivity contribution >= 4 is 23.0 Å². The van der Waals surface area contributed by atoms with Crippen molar-refractivity contribution in [2.45, 2.75) is 64.8 Å². The zero-order valence-corrected chi connectivity index (χ0v) is 13.5. The maximum Gasteiger partial charge on any atom is 0.171 e. The van der Waals surface area contributed by atoms with Crippen molar-refractivity contribution < 1.29 is 0 Å². The van der Waals surface area contributed by atoms with Crippen molar-refractivity contribution in [2.75, 3.05) is 5.32 Å². The standard InChI is InChI=1S/C17H26N2S/c1-13-9-8-12-16(14(13)2)19-17(20)18-15-10-6-4-3-5-7-11-15/h8-9,12,15H,3-7,10-11H2,1-2H3,(H2,18,19,20). The molecule has 1 aromatic rings. The minimum Gasteiger partial charge on any atom is -0.360 e. The summed E-state index contributed by atoms with van der Waals surface area (Å²) in [5.41, 5.74) is 3.69. The van der Waals surface area contributed by atoms with E-state index >= 15 is 0 Å². The first-order valence-corrected chi connectivity index (χ1v) is 8.21. The van der Waals surface area contributed by atoms with Gasteiger partial charge in [-0.15, -0.1) is 0 Å². The fourth-order valence-corrected chi connectivity index (χ4v) is 3.11. The van der Waals surface area contributed by atoms with E-state index in [1.807, 2.05) is 0 Å². The Morgan fingerprint density at radius 2 is 1.70 bits per heavy atom. The lowest BCUT2D eigenvalue weighted by atomic mass is 9.97. The Balaban J connectivity index is 1.89. The van der Waals surface area contributed by atoms with Gasteiger partial charge in [0.1, 0.15) is 0 Å². The van der Waals surface area contributed by atoms with E-state index in [0.717, 1.165) is 10.8 Å². The lowest BCUT2D eigenvalue weighted by Gasteiger charge is -2.23. The van der Waals surface area contributed by atoms with E-state index in [-0.39, 0.29) is 0 Å². The minimum atomic E-state index is 0.542. The summed E-state index contributed by atoms with van der Waals surface area (Å²) in [4.78, 5) is 0. The molecule has 20 heavy (non-hydrogen) atoms. The SMILES string of the molecule is Cc1cccc(NC(=S)NC2CCCCCCC2)c1C. The maximum atomic E-state index is 5.48. The monoisotopic (exact) mass is 290 g/mol. The van der Waals surface area contributed by atoms with E-state index in [1.54, 1.807) is 0 Å². The van der Waals surface area contributed by atoms with Crippen molar-refractivity contribution in [1.29, 1.82) is 0 Å². The van der Waals surface area contributed by atoms with Gasteiger partial charge in [-0.25, -0.2) is 0 Å². The molecule has 0 aromatic heterocycles. The van der Waals surface area contributed by atoms with E-state index in [4.69, 9.17) is 12.2 Å². The molecule has 2 nitrogen and oxygen atoms in total. The molecule has 3 heteroatoms. The van der Waals surface area contributed by atoms with Crippen molar-refractivity contribution in [3.05, 3.63) is 29.3 Å². The Morgan fingerprint density at radius 3 is 2.40 bits per heavy atom. The number of aryl methyl sites for hydroxylation is 1. The van der Waals surface area contributed by atoms with Gasteiger partial charge in [0, 0.05) is 11.7 Å². The third-order valence-electron chi connectivity index (χ3n) is 4.29. The van der Waals surface area contributed by atoms with Crippen molar-refractivity contribution in [2.24, 2.45) is 0 Å². The molecule has 0 radical (unpaired) electrons. The molecule has 0 bridgehead atoms. The van der Waals surface area contributed by atoms with Crippen LogP contribution in [0.15, 0.2) is 18.2 Å². The maximum absolute atomic E-state index is 5.48. The molecule has 1 saturated carbocycles. The first kappa shape index (κ1) is 15.3. The van der Waals surface area contributed by atoms with Crippen LogP contribution in [0.3, 0.4) is 0 Å². The third-order valence-corrected chi connectivity index (χ3v) is 4.51. The largest absolute Gasteiger partial charge is 0.360 e. The highest BCUT2D eigenvalue weighted by Gasteiger charge is 2.12. The van der Waals surface area contributed by atoms with E-state index in [1.165, 1.54) is 56.1 Å². The van der Waals surface area contributed by atoms with Crippen LogP contribution in [0.2, 0.25) is 0 Å². The van der Waals surface area contributed by atoms with Crippen LogP contribution in [0, 0.1) is 13.8 Å². The summed E-state index contributed by atoms with van der Waals surface area (Å²) in [5, 5.41) is 7.62. The minimum absolute atomic E-state index is 0.542. The average Bonchev–Trinajstić information content (AvgIpc) is 2.38. The van der Waals surface area contributed by atoms with E-state index in [0.29, 0.717) is 6.04 Å². The van der Waals surface area contributed by atoms with Crippen LogP contribution in [0.25, 0.3) is 0 Å². The lowest BCUT2D eigenvalue weighted by Crippen LogP contribution is -2.38. The Hall–Kier alpha value is -1.09. The van der Waals surface area contributed by atoms with Crippen LogP contribution in [-0.4, -0.2) is 11.2 Å². The molecule has 0 spiro atoms. The number of anilines is 1. The molecule has 0 aliphatic heterocycles. The predicted octanol–water partition coefficient (Wildman–Crippen LogP) is 4.70. The molecule has 110 valence electrons. The van der Waals surface area contributed by atoms with Crippen molar-refractivity contribution in [3.8, 4) is 0 Å². The molecule has 2 rings (SSSR count). The number of rotatable bonds is 2. The molecule has 0 saturated heterocycles. The van der Waals surface area contributed by atoms with Gasteiger partial charge in [0.05, 0.1) is 0 Å². The fraction of sp³-hybridized carbons (Fsp3) is 0.588. The summed E-state index contributed by atoms with van der Waals surface area (Å²) in [6.07, 6.45) is 9.28. The van der Waals surface area contributed by atoms with E-state index < -0.39 is 0 Å². The normalized spacial score (nSPS) is 17.1. The molecule has 0 atom stereocenters. The van der Waals surface area contributed by atoms with Crippen LogP contribution in [0.4, 0.5) is 5.69 Å². The second-order valence-corrected chi connectivity index (χ2v) is 6.30. The van der Waals surface area contributed by atoms with Gasteiger partial charge in [-0.05, 0) is 56.1 Å². The number of hydrogen-bond donors (Lipinski definition) is 2. The predicted molar refractivity (Wildman–Crippen MR) is 91.4 cm³/mol. The average molecular weight is 290 g/mol. The Kier molecular flexibility index (Phi) is 5.84. The summed E-state index contributed by atoms with van der Waals surface area (Å²) in [7, 11) is 0. The van der Waals surface area contributed by atoms with Crippen molar-refractivity contribution in [3.63, 3.8) is 0 Å². The molecule has 2 N–H and O–H groups in total. The van der Waals surface area contributed by atoms with Gasteiger partial charge >= 0.3 is 0 Å². The molecule has 0 unspecified atom stereocenters. The van der Waals surface area contributed by atoms with Crippen molar-refractivity contribution in [1.82, 2.24) is 5.32 Å². The summed E-state index contributed by atoms with van der Waals surface area (Å²) in [5.74, 6) is 0. The third kappa shape index (κ3) is 4.48. The van der Waals surface area contributed by atoms with Gasteiger partial charge in [0.2, 0.25) is 0 Å². The van der Waals surface area contributed by atoms with E-state index in [2.05, 4.69) is 42.7 Å². The Labute approximate surface area is 128 Å². The molecular weight excluding hydrogens is 264 g/mol. The van der Waals surface area contributed by atoms with Crippen LogP contribution in [0.5, 0.6) is 0 Å². The number of benzene rings is 1.